The van der Waals surface area contributed by atoms with E-state index in [-0.39, 0.29) is 19.6 Å². The fraction of sp³-hybridized carbons (Fsp3) is 0.357. The summed E-state index contributed by atoms with van der Waals surface area (Å²) in [5.74, 6) is -1.18. The summed E-state index contributed by atoms with van der Waals surface area (Å²) >= 11 is 0. The molecule has 0 saturated carbocycles. The van der Waals surface area contributed by atoms with Gasteiger partial charge in [-0.25, -0.2) is 14.4 Å². The van der Waals surface area contributed by atoms with Crippen molar-refractivity contribution in [2.45, 2.75) is 25.5 Å². The van der Waals surface area contributed by atoms with E-state index in [9.17, 15) is 14.4 Å². The number of nitrogens with two attached hydrogens (primary N) is 1. The maximum absolute atomic E-state index is 11.4. The molecule has 1 aromatic carbocycles. The lowest BCUT2D eigenvalue weighted by Gasteiger charge is -2.12. The Balaban J connectivity index is 2.19. The highest BCUT2D eigenvalue weighted by atomic mass is 16.5. The van der Waals surface area contributed by atoms with Crippen LogP contribution in [0.4, 0.5) is 9.59 Å². The number of hydrogen-bond donors (Lipinski definition) is 4. The van der Waals surface area contributed by atoms with Crippen molar-refractivity contribution in [3.63, 3.8) is 0 Å². The average molecular weight is 309 g/mol. The predicted molar refractivity (Wildman–Crippen MR) is 78.0 cm³/mol. The Bertz CT molecular complexity index is 506. The van der Waals surface area contributed by atoms with Crippen molar-refractivity contribution >= 4 is 18.1 Å². The maximum atomic E-state index is 11.4. The van der Waals surface area contributed by atoms with Crippen molar-refractivity contribution in [2.24, 2.45) is 5.73 Å². The van der Waals surface area contributed by atoms with Gasteiger partial charge in [-0.3, -0.25) is 0 Å². The van der Waals surface area contributed by atoms with E-state index in [2.05, 4.69) is 10.6 Å². The van der Waals surface area contributed by atoms with Gasteiger partial charge in [-0.05, 0) is 18.4 Å². The van der Waals surface area contributed by atoms with Gasteiger partial charge >= 0.3 is 18.1 Å². The van der Waals surface area contributed by atoms with Crippen LogP contribution in [-0.2, 0) is 16.1 Å². The second kappa shape index (κ2) is 9.22. The van der Waals surface area contributed by atoms with Crippen LogP contribution in [0.15, 0.2) is 30.3 Å². The Morgan fingerprint density at radius 1 is 1.23 bits per heavy atom. The lowest BCUT2D eigenvalue weighted by Crippen LogP contribution is -2.43. The number of ether oxygens (including phenoxy) is 1. The van der Waals surface area contributed by atoms with Crippen LogP contribution < -0.4 is 16.4 Å². The van der Waals surface area contributed by atoms with Crippen LogP contribution in [0.3, 0.4) is 0 Å². The van der Waals surface area contributed by atoms with Crippen molar-refractivity contribution in [1.29, 1.82) is 0 Å². The summed E-state index contributed by atoms with van der Waals surface area (Å²) in [6, 6.07) is 7.24. The topological polar surface area (TPSA) is 131 Å². The highest BCUT2D eigenvalue weighted by Gasteiger charge is 2.18. The molecule has 0 spiro atoms. The fourth-order valence-corrected chi connectivity index (χ4v) is 1.70. The van der Waals surface area contributed by atoms with Gasteiger partial charge in [0.25, 0.3) is 0 Å². The summed E-state index contributed by atoms with van der Waals surface area (Å²) in [5.41, 5.74) is 5.74. The molecule has 0 aromatic heterocycles. The predicted octanol–water partition coefficient (Wildman–Crippen LogP) is 0.814. The number of carbonyl (C=O) groups excluding carboxylic acids is 2. The standard InChI is InChI=1S/C14H19N3O5/c15-13(20)17-11(12(18)19)7-4-8-16-14(21)22-9-10-5-2-1-3-6-10/h1-3,5-6,11H,4,7-9H2,(H,16,21)(H,18,19)(H3,15,17,20). The normalized spacial score (nSPS) is 11.3. The lowest BCUT2D eigenvalue weighted by molar-refractivity contribution is -0.139. The summed E-state index contributed by atoms with van der Waals surface area (Å²) in [4.78, 5) is 32.9. The molecule has 22 heavy (non-hydrogen) atoms. The molecule has 0 fully saturated rings. The van der Waals surface area contributed by atoms with E-state index in [1.54, 1.807) is 0 Å². The Hall–Kier alpha value is -2.77. The number of rotatable bonds is 8. The third-order valence-electron chi connectivity index (χ3n) is 2.77. The fourth-order valence-electron chi connectivity index (χ4n) is 1.70. The van der Waals surface area contributed by atoms with E-state index in [4.69, 9.17) is 15.6 Å². The first-order valence-corrected chi connectivity index (χ1v) is 6.72. The second-order valence-corrected chi connectivity index (χ2v) is 4.53. The summed E-state index contributed by atoms with van der Waals surface area (Å²) in [6.07, 6.45) is -0.0758. The number of carbonyl (C=O) groups is 3. The molecule has 0 radical (unpaired) electrons. The molecule has 3 amide bonds. The first kappa shape index (κ1) is 17.3. The van der Waals surface area contributed by atoms with Gasteiger partial charge in [0, 0.05) is 6.54 Å². The molecule has 0 saturated heterocycles. The van der Waals surface area contributed by atoms with E-state index >= 15 is 0 Å². The Kier molecular flexibility index (Phi) is 7.24. The van der Waals surface area contributed by atoms with Gasteiger partial charge in [0.1, 0.15) is 12.6 Å². The molecule has 1 atom stereocenters. The first-order valence-electron chi connectivity index (χ1n) is 6.72. The maximum Gasteiger partial charge on any atom is 0.407 e. The van der Waals surface area contributed by atoms with Crippen LogP contribution >= 0.6 is 0 Å². The van der Waals surface area contributed by atoms with E-state index in [1.807, 2.05) is 30.3 Å². The average Bonchev–Trinajstić information content (AvgIpc) is 2.48. The minimum atomic E-state index is -1.18. The minimum absolute atomic E-state index is 0.150. The Morgan fingerprint density at radius 3 is 2.50 bits per heavy atom. The third kappa shape index (κ3) is 7.13. The molecule has 8 nitrogen and oxygen atoms in total. The summed E-state index contributed by atoms with van der Waals surface area (Å²) < 4.78 is 4.99. The highest BCUT2D eigenvalue weighted by molar-refractivity contribution is 5.81. The molecule has 0 heterocycles. The van der Waals surface area contributed by atoms with Gasteiger partial charge in [-0.15, -0.1) is 0 Å². The van der Waals surface area contributed by atoms with E-state index in [0.29, 0.717) is 6.42 Å². The summed E-state index contributed by atoms with van der Waals surface area (Å²) in [6.45, 7) is 0.394. The van der Waals surface area contributed by atoms with Gasteiger partial charge < -0.3 is 26.2 Å². The van der Waals surface area contributed by atoms with Crippen LogP contribution in [0.25, 0.3) is 0 Å². The quantitative estimate of drug-likeness (QED) is 0.528. The van der Waals surface area contributed by atoms with Crippen LogP contribution in [0.2, 0.25) is 0 Å². The van der Waals surface area contributed by atoms with Gasteiger partial charge in [0.15, 0.2) is 0 Å². The number of benzene rings is 1. The Labute approximate surface area is 127 Å². The third-order valence-corrected chi connectivity index (χ3v) is 2.77. The summed E-state index contributed by atoms with van der Waals surface area (Å²) in [7, 11) is 0. The van der Waals surface area contributed by atoms with E-state index < -0.39 is 24.1 Å². The number of amides is 3. The lowest BCUT2D eigenvalue weighted by atomic mass is 10.1. The van der Waals surface area contributed by atoms with Crippen molar-refractivity contribution in [3.8, 4) is 0 Å². The Morgan fingerprint density at radius 2 is 1.91 bits per heavy atom. The molecule has 0 aliphatic rings. The molecule has 8 heteroatoms. The zero-order valence-electron chi connectivity index (χ0n) is 12.0. The van der Waals surface area contributed by atoms with Gasteiger partial charge in [-0.2, -0.15) is 0 Å². The SMILES string of the molecule is NC(=O)NC(CCCNC(=O)OCc1ccccc1)C(=O)O. The minimum Gasteiger partial charge on any atom is -0.480 e. The van der Waals surface area contributed by atoms with Gasteiger partial charge in [0.05, 0.1) is 0 Å². The molecule has 0 aliphatic carbocycles. The molecule has 0 bridgehead atoms. The van der Waals surface area contributed by atoms with Crippen LogP contribution in [0.1, 0.15) is 18.4 Å². The number of nitrogens with one attached hydrogen (secondary N) is 2. The molecule has 1 unspecified atom stereocenters. The number of carboxylic acid groups (broad SMARTS) is 1. The number of aliphatic carboxylic acids is 1. The van der Waals surface area contributed by atoms with Crippen molar-refractivity contribution in [1.82, 2.24) is 10.6 Å². The molecule has 1 rings (SSSR count). The first-order chi connectivity index (χ1) is 10.5. The molecular formula is C14H19N3O5. The van der Waals surface area contributed by atoms with Crippen molar-refractivity contribution < 1.29 is 24.2 Å². The molecule has 0 aliphatic heterocycles. The molecule has 1 aromatic rings. The van der Waals surface area contributed by atoms with E-state index in [1.165, 1.54) is 0 Å². The summed E-state index contributed by atoms with van der Waals surface area (Å²) in [5, 5.41) is 13.5. The van der Waals surface area contributed by atoms with Crippen LogP contribution in [-0.4, -0.2) is 35.8 Å². The zero-order chi connectivity index (χ0) is 16.4. The molecular weight excluding hydrogens is 290 g/mol. The van der Waals surface area contributed by atoms with Crippen LogP contribution in [0.5, 0.6) is 0 Å². The van der Waals surface area contributed by atoms with Gasteiger partial charge in [0.2, 0.25) is 0 Å². The largest absolute Gasteiger partial charge is 0.480 e. The zero-order valence-corrected chi connectivity index (χ0v) is 12.0. The van der Waals surface area contributed by atoms with Crippen molar-refractivity contribution in [3.05, 3.63) is 35.9 Å². The smallest absolute Gasteiger partial charge is 0.407 e. The number of carboxylic acids is 1. The monoisotopic (exact) mass is 309 g/mol. The van der Waals surface area contributed by atoms with Crippen LogP contribution in [0, 0.1) is 0 Å². The number of hydrogen-bond acceptors (Lipinski definition) is 4. The van der Waals surface area contributed by atoms with Gasteiger partial charge in [-0.1, -0.05) is 30.3 Å². The van der Waals surface area contributed by atoms with Crippen molar-refractivity contribution in [2.75, 3.05) is 6.54 Å². The molecule has 5 N–H and O–H groups in total. The second-order valence-electron chi connectivity index (χ2n) is 4.53. The highest BCUT2D eigenvalue weighted by Crippen LogP contribution is 2.01. The number of primary amides is 1. The number of alkyl carbamates (subject to hydrolysis) is 1. The van der Waals surface area contributed by atoms with E-state index in [0.717, 1.165) is 5.56 Å². The number of urea groups is 1. The molecule has 120 valence electrons.